The van der Waals surface area contributed by atoms with Crippen LogP contribution < -0.4 is 16.4 Å². The molecule has 2 amide bonds. The molecule has 4 N–H and O–H groups in total. The fraction of sp³-hybridized carbons (Fsp3) is 0.214. The molecule has 110 valence electrons. The first kappa shape index (κ1) is 15.1. The number of aryl methyl sites for hydroxylation is 1. The van der Waals surface area contributed by atoms with Crippen LogP contribution in [-0.4, -0.2) is 29.9 Å². The Morgan fingerprint density at radius 3 is 2.86 bits per heavy atom. The second kappa shape index (κ2) is 6.96. The molecule has 1 aromatic carbocycles. The number of amides is 2. The Kier molecular flexibility index (Phi) is 5.02. The molecule has 1 aromatic heterocycles. The van der Waals surface area contributed by atoms with Crippen LogP contribution in [0.5, 0.6) is 0 Å². The van der Waals surface area contributed by atoms with Crippen molar-refractivity contribution >= 4 is 28.3 Å². The molecule has 0 aliphatic carbocycles. The van der Waals surface area contributed by atoms with Crippen molar-refractivity contribution in [2.75, 3.05) is 18.4 Å². The van der Waals surface area contributed by atoms with Crippen molar-refractivity contribution in [3.05, 3.63) is 46.5 Å². The van der Waals surface area contributed by atoms with E-state index in [-0.39, 0.29) is 17.5 Å². The Labute approximate surface area is 126 Å². The Hall–Kier alpha value is -2.25. The van der Waals surface area contributed by atoms with Crippen LogP contribution in [-0.2, 0) is 0 Å². The van der Waals surface area contributed by atoms with Gasteiger partial charge in [0, 0.05) is 24.0 Å². The second-order valence-electron chi connectivity index (χ2n) is 4.41. The summed E-state index contributed by atoms with van der Waals surface area (Å²) in [4.78, 5) is 27.8. The van der Waals surface area contributed by atoms with Gasteiger partial charge in [0.25, 0.3) is 11.8 Å². The van der Waals surface area contributed by atoms with Gasteiger partial charge in [-0.15, -0.1) is 11.3 Å². The number of hydrogen-bond acceptors (Lipinski definition) is 5. The Morgan fingerprint density at radius 2 is 2.14 bits per heavy atom. The van der Waals surface area contributed by atoms with Gasteiger partial charge in [-0.1, -0.05) is 17.7 Å². The molecule has 0 aliphatic rings. The summed E-state index contributed by atoms with van der Waals surface area (Å²) in [6, 6.07) is 7.25. The highest BCUT2D eigenvalue weighted by Crippen LogP contribution is 2.16. The molecule has 0 saturated carbocycles. The number of nitrogens with two attached hydrogens (primary N) is 1. The number of thiazole rings is 1. The average Bonchev–Trinajstić information content (AvgIpc) is 2.93. The lowest BCUT2D eigenvalue weighted by Crippen LogP contribution is -2.29. The van der Waals surface area contributed by atoms with Crippen molar-refractivity contribution < 1.29 is 9.59 Å². The minimum atomic E-state index is -0.298. The molecule has 1 heterocycles. The van der Waals surface area contributed by atoms with Gasteiger partial charge in [-0.2, -0.15) is 0 Å². The van der Waals surface area contributed by atoms with E-state index in [1.807, 2.05) is 19.1 Å². The number of anilines is 1. The van der Waals surface area contributed by atoms with Gasteiger partial charge >= 0.3 is 0 Å². The topological polar surface area (TPSA) is 97.1 Å². The summed E-state index contributed by atoms with van der Waals surface area (Å²) in [5, 5.41) is 7.29. The molecule has 21 heavy (non-hydrogen) atoms. The Bertz CT molecular complexity index is 654. The number of rotatable bonds is 5. The van der Waals surface area contributed by atoms with E-state index in [0.29, 0.717) is 23.8 Å². The van der Waals surface area contributed by atoms with Gasteiger partial charge in [0.1, 0.15) is 5.69 Å². The van der Waals surface area contributed by atoms with Gasteiger partial charge < -0.3 is 11.1 Å². The molecule has 0 unspecified atom stereocenters. The maximum Gasteiger partial charge on any atom is 0.270 e. The van der Waals surface area contributed by atoms with Crippen LogP contribution in [0.2, 0.25) is 0 Å². The molecule has 0 bridgehead atoms. The number of benzene rings is 1. The molecular weight excluding hydrogens is 288 g/mol. The molecule has 0 atom stereocenters. The zero-order valence-electron chi connectivity index (χ0n) is 11.6. The summed E-state index contributed by atoms with van der Waals surface area (Å²) in [7, 11) is 0. The van der Waals surface area contributed by atoms with Gasteiger partial charge in [-0.3, -0.25) is 14.9 Å². The molecular formula is C14H16N4O2S. The SMILES string of the molecule is Cc1cccc(C(=O)Nc2nc(C(=O)NCCN)cs2)c1. The monoisotopic (exact) mass is 304 g/mol. The third-order valence-electron chi connectivity index (χ3n) is 2.67. The van der Waals surface area contributed by atoms with Crippen LogP contribution in [0.15, 0.2) is 29.6 Å². The summed E-state index contributed by atoms with van der Waals surface area (Å²) in [5.41, 5.74) is 7.14. The van der Waals surface area contributed by atoms with E-state index in [9.17, 15) is 9.59 Å². The van der Waals surface area contributed by atoms with E-state index in [1.165, 1.54) is 11.3 Å². The van der Waals surface area contributed by atoms with Crippen molar-refractivity contribution in [1.29, 1.82) is 0 Å². The smallest absolute Gasteiger partial charge is 0.270 e. The van der Waals surface area contributed by atoms with Gasteiger partial charge in [-0.05, 0) is 19.1 Å². The first-order chi connectivity index (χ1) is 10.1. The van der Waals surface area contributed by atoms with Gasteiger partial charge in [-0.25, -0.2) is 4.98 Å². The van der Waals surface area contributed by atoms with E-state index in [0.717, 1.165) is 5.56 Å². The van der Waals surface area contributed by atoms with Crippen LogP contribution in [0, 0.1) is 6.92 Å². The maximum absolute atomic E-state index is 12.1. The molecule has 0 saturated heterocycles. The summed E-state index contributed by atoms with van der Waals surface area (Å²) in [6.45, 7) is 2.67. The highest BCUT2D eigenvalue weighted by molar-refractivity contribution is 7.14. The standard InChI is InChI=1S/C14H16N4O2S/c1-9-3-2-4-10(7-9)12(19)18-14-17-11(8-21-14)13(20)16-6-5-15/h2-4,7-8H,5-6,15H2,1H3,(H,16,20)(H,17,18,19). The summed E-state index contributed by atoms with van der Waals surface area (Å²) in [5.74, 6) is -0.547. The predicted octanol–water partition coefficient (Wildman–Crippen LogP) is 1.39. The molecule has 0 fully saturated rings. The highest BCUT2D eigenvalue weighted by atomic mass is 32.1. The van der Waals surface area contributed by atoms with Crippen LogP contribution in [0.1, 0.15) is 26.4 Å². The van der Waals surface area contributed by atoms with Crippen LogP contribution in [0.25, 0.3) is 0 Å². The first-order valence-electron chi connectivity index (χ1n) is 6.42. The highest BCUT2D eigenvalue weighted by Gasteiger charge is 2.12. The van der Waals surface area contributed by atoms with Gasteiger partial charge in [0.2, 0.25) is 0 Å². The van der Waals surface area contributed by atoms with E-state index < -0.39 is 0 Å². The lowest BCUT2D eigenvalue weighted by molar-refractivity contribution is 0.0949. The average molecular weight is 304 g/mol. The first-order valence-corrected chi connectivity index (χ1v) is 7.30. The Morgan fingerprint density at radius 1 is 1.33 bits per heavy atom. The minimum Gasteiger partial charge on any atom is -0.349 e. The molecule has 7 heteroatoms. The van der Waals surface area contributed by atoms with Crippen LogP contribution >= 0.6 is 11.3 Å². The predicted molar refractivity (Wildman–Crippen MR) is 82.6 cm³/mol. The zero-order chi connectivity index (χ0) is 15.2. The third-order valence-corrected chi connectivity index (χ3v) is 3.43. The van der Waals surface area contributed by atoms with Gasteiger partial charge in [0.15, 0.2) is 5.13 Å². The third kappa shape index (κ3) is 4.11. The fourth-order valence-electron chi connectivity index (χ4n) is 1.67. The molecule has 2 aromatic rings. The maximum atomic E-state index is 12.1. The number of nitrogens with zero attached hydrogens (tertiary/aromatic N) is 1. The van der Waals surface area contributed by atoms with Crippen molar-refractivity contribution in [1.82, 2.24) is 10.3 Å². The summed E-state index contributed by atoms with van der Waals surface area (Å²) in [6.07, 6.45) is 0. The normalized spacial score (nSPS) is 10.2. The quantitative estimate of drug-likeness (QED) is 0.777. The molecule has 0 spiro atoms. The molecule has 2 rings (SSSR count). The largest absolute Gasteiger partial charge is 0.349 e. The number of aromatic nitrogens is 1. The van der Waals surface area contributed by atoms with E-state index in [2.05, 4.69) is 15.6 Å². The van der Waals surface area contributed by atoms with Crippen molar-refractivity contribution in [3.63, 3.8) is 0 Å². The number of carbonyl (C=O) groups is 2. The number of hydrogen-bond donors (Lipinski definition) is 3. The van der Waals surface area contributed by atoms with Gasteiger partial charge in [0.05, 0.1) is 0 Å². The van der Waals surface area contributed by atoms with E-state index in [1.54, 1.807) is 17.5 Å². The zero-order valence-corrected chi connectivity index (χ0v) is 12.4. The molecule has 0 aliphatic heterocycles. The van der Waals surface area contributed by atoms with Crippen molar-refractivity contribution in [3.8, 4) is 0 Å². The number of carbonyl (C=O) groups excluding carboxylic acids is 2. The number of nitrogens with one attached hydrogen (secondary N) is 2. The fourth-order valence-corrected chi connectivity index (χ4v) is 2.35. The van der Waals surface area contributed by atoms with Crippen LogP contribution in [0.3, 0.4) is 0 Å². The second-order valence-corrected chi connectivity index (χ2v) is 5.26. The molecule has 6 nitrogen and oxygen atoms in total. The van der Waals surface area contributed by atoms with Crippen molar-refractivity contribution in [2.45, 2.75) is 6.92 Å². The molecule has 0 radical (unpaired) electrons. The van der Waals surface area contributed by atoms with Crippen LogP contribution in [0.4, 0.5) is 5.13 Å². The minimum absolute atomic E-state index is 0.248. The lowest BCUT2D eigenvalue weighted by atomic mass is 10.1. The summed E-state index contributed by atoms with van der Waals surface area (Å²) < 4.78 is 0. The summed E-state index contributed by atoms with van der Waals surface area (Å²) >= 11 is 1.20. The lowest BCUT2D eigenvalue weighted by Gasteiger charge is -2.02. The van der Waals surface area contributed by atoms with Crippen molar-refractivity contribution in [2.24, 2.45) is 5.73 Å². The van der Waals surface area contributed by atoms with E-state index >= 15 is 0 Å². The Balaban J connectivity index is 2.02. The van der Waals surface area contributed by atoms with E-state index in [4.69, 9.17) is 5.73 Å².